The Morgan fingerprint density at radius 3 is 2.77 bits per heavy atom. The van der Waals surface area contributed by atoms with Crippen LogP contribution < -0.4 is 0 Å². The second-order valence-electron chi connectivity index (χ2n) is 7.32. The molecule has 2 aliphatic rings. The number of hydrogen-bond acceptors (Lipinski definition) is 6. The molecule has 2 saturated heterocycles. The maximum absolute atomic E-state index is 5.43. The molecule has 0 N–H and O–H groups in total. The number of rotatable bonds is 5. The van der Waals surface area contributed by atoms with Crippen LogP contribution in [-0.2, 0) is 24.9 Å². The summed E-state index contributed by atoms with van der Waals surface area (Å²) in [5.41, 5.74) is 1.14. The minimum Gasteiger partial charge on any atom is -0.379 e. The Labute approximate surface area is 155 Å². The molecule has 0 aliphatic carbocycles. The number of hydrogen-bond donors (Lipinski definition) is 0. The lowest BCUT2D eigenvalue weighted by atomic mass is 9.97. The van der Waals surface area contributed by atoms with Crippen molar-refractivity contribution < 1.29 is 4.74 Å². The molecule has 0 saturated carbocycles. The summed E-state index contributed by atoms with van der Waals surface area (Å²) in [5, 5.41) is 9.05. The highest BCUT2D eigenvalue weighted by atomic mass is 16.5. The summed E-state index contributed by atoms with van der Waals surface area (Å²) in [4.78, 5) is 9.35. The van der Waals surface area contributed by atoms with Gasteiger partial charge in [-0.1, -0.05) is 6.07 Å². The lowest BCUT2D eigenvalue weighted by Crippen LogP contribution is -2.36. The van der Waals surface area contributed by atoms with E-state index >= 15 is 0 Å². The first-order chi connectivity index (χ1) is 12.8. The second kappa shape index (κ2) is 8.24. The van der Waals surface area contributed by atoms with Crippen LogP contribution in [-0.4, -0.2) is 68.9 Å². The fraction of sp³-hybridized carbons (Fsp3) is 0.632. The first-order valence-electron chi connectivity index (χ1n) is 9.60. The Kier molecular flexibility index (Phi) is 5.57. The standard InChI is InChI=1S/C19H28N6O/c1-23-18(15-24-9-11-26-12-10-24)21-22-19(23)16-5-4-8-25(13-16)14-17-6-2-3-7-20-17/h2-3,6-7,16H,4-5,8-15H2,1H3. The van der Waals surface area contributed by atoms with Crippen molar-refractivity contribution in [2.45, 2.75) is 31.8 Å². The van der Waals surface area contributed by atoms with Crippen LogP contribution in [0.2, 0.25) is 0 Å². The lowest BCUT2D eigenvalue weighted by Gasteiger charge is -2.32. The highest BCUT2D eigenvalue weighted by molar-refractivity contribution is 5.07. The number of piperidine rings is 1. The van der Waals surface area contributed by atoms with Crippen LogP contribution in [0, 0.1) is 0 Å². The minimum absolute atomic E-state index is 0.448. The fourth-order valence-corrected chi connectivity index (χ4v) is 3.96. The average molecular weight is 356 g/mol. The van der Waals surface area contributed by atoms with E-state index in [-0.39, 0.29) is 0 Å². The second-order valence-corrected chi connectivity index (χ2v) is 7.32. The van der Waals surface area contributed by atoms with E-state index in [9.17, 15) is 0 Å². The molecule has 2 aromatic heterocycles. The zero-order chi connectivity index (χ0) is 17.8. The number of ether oxygens (including phenoxy) is 1. The summed E-state index contributed by atoms with van der Waals surface area (Å²) in [6, 6.07) is 6.13. The van der Waals surface area contributed by atoms with Crippen LogP contribution >= 0.6 is 0 Å². The first kappa shape index (κ1) is 17.6. The van der Waals surface area contributed by atoms with Gasteiger partial charge >= 0.3 is 0 Å². The van der Waals surface area contributed by atoms with Gasteiger partial charge in [0.05, 0.1) is 25.5 Å². The molecule has 7 nitrogen and oxygen atoms in total. The Bertz CT molecular complexity index is 697. The average Bonchev–Trinajstić information content (AvgIpc) is 3.04. The predicted molar refractivity (Wildman–Crippen MR) is 98.6 cm³/mol. The Morgan fingerprint density at radius 2 is 1.96 bits per heavy atom. The molecule has 2 fully saturated rings. The Balaban J connectivity index is 1.40. The molecule has 7 heteroatoms. The van der Waals surface area contributed by atoms with Gasteiger partial charge < -0.3 is 9.30 Å². The number of likely N-dealkylation sites (tertiary alicyclic amines) is 1. The van der Waals surface area contributed by atoms with Crippen molar-refractivity contribution in [3.63, 3.8) is 0 Å². The number of aromatic nitrogens is 4. The first-order valence-corrected chi connectivity index (χ1v) is 9.60. The van der Waals surface area contributed by atoms with Crippen molar-refractivity contribution in [1.29, 1.82) is 0 Å². The van der Waals surface area contributed by atoms with Crippen LogP contribution in [0.3, 0.4) is 0 Å². The van der Waals surface area contributed by atoms with Crippen LogP contribution in [0.1, 0.15) is 36.1 Å². The van der Waals surface area contributed by atoms with Gasteiger partial charge in [-0.15, -0.1) is 10.2 Å². The van der Waals surface area contributed by atoms with Gasteiger partial charge in [0.15, 0.2) is 0 Å². The van der Waals surface area contributed by atoms with E-state index in [1.807, 2.05) is 12.3 Å². The molecule has 1 atom stereocenters. The van der Waals surface area contributed by atoms with Gasteiger partial charge in [-0.05, 0) is 31.5 Å². The van der Waals surface area contributed by atoms with E-state index in [0.29, 0.717) is 5.92 Å². The quantitative estimate of drug-likeness (QED) is 0.808. The van der Waals surface area contributed by atoms with E-state index < -0.39 is 0 Å². The maximum Gasteiger partial charge on any atom is 0.146 e. The summed E-state index contributed by atoms with van der Waals surface area (Å²) in [6.45, 7) is 7.51. The molecule has 0 bridgehead atoms. The molecule has 0 amide bonds. The van der Waals surface area contributed by atoms with Crippen molar-refractivity contribution in [3.8, 4) is 0 Å². The molecule has 4 heterocycles. The fourth-order valence-electron chi connectivity index (χ4n) is 3.96. The third kappa shape index (κ3) is 4.11. The maximum atomic E-state index is 5.43. The van der Waals surface area contributed by atoms with E-state index in [1.54, 1.807) is 0 Å². The lowest BCUT2D eigenvalue weighted by molar-refractivity contribution is 0.0326. The topological polar surface area (TPSA) is 59.3 Å². The van der Waals surface area contributed by atoms with Crippen molar-refractivity contribution in [3.05, 3.63) is 41.7 Å². The molecule has 140 valence electrons. The van der Waals surface area contributed by atoms with E-state index in [4.69, 9.17) is 4.74 Å². The summed E-state index contributed by atoms with van der Waals surface area (Å²) in [5.74, 6) is 2.63. The third-order valence-corrected chi connectivity index (χ3v) is 5.45. The largest absolute Gasteiger partial charge is 0.379 e. The number of nitrogens with zero attached hydrogens (tertiary/aromatic N) is 6. The zero-order valence-electron chi connectivity index (χ0n) is 15.5. The molecule has 4 rings (SSSR count). The van der Waals surface area contributed by atoms with Gasteiger partial charge in [-0.2, -0.15) is 0 Å². The SMILES string of the molecule is Cn1c(CN2CCOCC2)nnc1C1CCCN(Cc2ccccn2)C1. The molecule has 0 spiro atoms. The van der Waals surface area contributed by atoms with Crippen molar-refractivity contribution >= 4 is 0 Å². The predicted octanol–water partition coefficient (Wildman–Crippen LogP) is 1.42. The van der Waals surface area contributed by atoms with Crippen molar-refractivity contribution in [2.75, 3.05) is 39.4 Å². The van der Waals surface area contributed by atoms with Gasteiger partial charge in [-0.25, -0.2) is 0 Å². The third-order valence-electron chi connectivity index (χ3n) is 5.45. The van der Waals surface area contributed by atoms with Gasteiger partial charge in [0.25, 0.3) is 0 Å². The molecule has 2 aliphatic heterocycles. The molecule has 1 unspecified atom stereocenters. The Morgan fingerprint density at radius 1 is 1.08 bits per heavy atom. The molecular formula is C19H28N6O. The van der Waals surface area contributed by atoms with Gasteiger partial charge in [0, 0.05) is 45.3 Å². The molecule has 0 aromatic carbocycles. The summed E-state index contributed by atoms with van der Waals surface area (Å²) >= 11 is 0. The molecule has 2 aromatic rings. The van der Waals surface area contributed by atoms with E-state index in [0.717, 1.165) is 69.8 Å². The summed E-state index contributed by atoms with van der Waals surface area (Å²) < 4.78 is 7.65. The van der Waals surface area contributed by atoms with E-state index in [1.165, 1.54) is 12.8 Å². The van der Waals surface area contributed by atoms with Crippen LogP contribution in [0.5, 0.6) is 0 Å². The summed E-state index contributed by atoms with van der Waals surface area (Å²) in [7, 11) is 2.11. The molecular weight excluding hydrogens is 328 g/mol. The van der Waals surface area contributed by atoms with Crippen molar-refractivity contribution in [2.24, 2.45) is 7.05 Å². The number of pyridine rings is 1. The van der Waals surface area contributed by atoms with Gasteiger partial charge in [0.2, 0.25) is 0 Å². The Hall–Kier alpha value is -1.83. The molecule has 26 heavy (non-hydrogen) atoms. The monoisotopic (exact) mass is 356 g/mol. The smallest absolute Gasteiger partial charge is 0.146 e. The highest BCUT2D eigenvalue weighted by Crippen LogP contribution is 2.26. The minimum atomic E-state index is 0.448. The van der Waals surface area contributed by atoms with Gasteiger partial charge in [-0.3, -0.25) is 14.8 Å². The van der Waals surface area contributed by atoms with Crippen LogP contribution in [0.15, 0.2) is 24.4 Å². The van der Waals surface area contributed by atoms with Crippen LogP contribution in [0.25, 0.3) is 0 Å². The molecule has 0 radical (unpaired) electrons. The van der Waals surface area contributed by atoms with Gasteiger partial charge in [0.1, 0.15) is 11.6 Å². The van der Waals surface area contributed by atoms with Crippen LogP contribution in [0.4, 0.5) is 0 Å². The summed E-state index contributed by atoms with van der Waals surface area (Å²) in [6.07, 6.45) is 4.25. The number of morpholine rings is 1. The van der Waals surface area contributed by atoms with Crippen molar-refractivity contribution in [1.82, 2.24) is 29.5 Å². The zero-order valence-corrected chi connectivity index (χ0v) is 15.5. The normalized spacial score (nSPS) is 22.6. The highest BCUT2D eigenvalue weighted by Gasteiger charge is 2.26. The van der Waals surface area contributed by atoms with E-state index in [2.05, 4.69) is 48.7 Å².